The number of aliphatic hydroxyl groups is 1. The Morgan fingerprint density at radius 3 is 2.57 bits per heavy atom. The number of rotatable bonds is 1. The number of aliphatic hydroxyl groups excluding tert-OH is 1. The van der Waals surface area contributed by atoms with Gasteiger partial charge in [-0.1, -0.05) is 18.6 Å². The lowest BCUT2D eigenvalue weighted by Gasteiger charge is -2.38. The molecule has 0 aromatic heterocycles. The fourth-order valence-electron chi connectivity index (χ4n) is 1.96. The van der Waals surface area contributed by atoms with Crippen LogP contribution >= 0.6 is 0 Å². The van der Waals surface area contributed by atoms with Crippen molar-refractivity contribution in [3.05, 3.63) is 22.8 Å². The third kappa shape index (κ3) is 1.51. The van der Waals surface area contributed by atoms with Crippen LogP contribution in [0.4, 0.5) is 0 Å². The minimum Gasteiger partial charge on any atom is -0.388 e. The van der Waals surface area contributed by atoms with E-state index in [9.17, 15) is 5.11 Å². The molecule has 0 fully saturated rings. The fraction of sp³-hybridized carbons (Fsp3) is 0.538. The molecule has 0 saturated heterocycles. The SMILES string of the molecule is C#CCC1(C)C(C)=CC(C)=C(C)C1O. The standard InChI is InChI=1S/C13H18O/c1-6-7-13(5)10(3)8-9(2)11(4)12(13)14/h1,8,12,14H,7H2,2-5H3. The van der Waals surface area contributed by atoms with E-state index in [1.807, 2.05) is 27.7 Å². The van der Waals surface area contributed by atoms with Crippen LogP contribution in [0.3, 0.4) is 0 Å². The van der Waals surface area contributed by atoms with Crippen molar-refractivity contribution < 1.29 is 5.11 Å². The molecule has 0 heterocycles. The molecular formula is C13H18O. The van der Waals surface area contributed by atoms with Gasteiger partial charge in [-0.3, -0.25) is 0 Å². The van der Waals surface area contributed by atoms with E-state index in [0.29, 0.717) is 6.42 Å². The van der Waals surface area contributed by atoms with Crippen LogP contribution in [0.1, 0.15) is 34.1 Å². The largest absolute Gasteiger partial charge is 0.388 e. The molecule has 1 aliphatic carbocycles. The number of hydrogen-bond donors (Lipinski definition) is 1. The second kappa shape index (κ2) is 3.63. The van der Waals surface area contributed by atoms with Gasteiger partial charge >= 0.3 is 0 Å². The van der Waals surface area contributed by atoms with Gasteiger partial charge in [0.05, 0.1) is 6.10 Å². The Morgan fingerprint density at radius 1 is 1.50 bits per heavy atom. The van der Waals surface area contributed by atoms with E-state index in [4.69, 9.17) is 6.42 Å². The topological polar surface area (TPSA) is 20.2 Å². The summed E-state index contributed by atoms with van der Waals surface area (Å²) in [7, 11) is 0. The number of terminal acetylenes is 1. The van der Waals surface area contributed by atoms with Crippen LogP contribution in [-0.4, -0.2) is 11.2 Å². The Kier molecular flexibility index (Phi) is 2.87. The summed E-state index contributed by atoms with van der Waals surface area (Å²) in [6.07, 6.45) is 7.61. The maximum Gasteiger partial charge on any atom is 0.0852 e. The van der Waals surface area contributed by atoms with Gasteiger partial charge in [0.1, 0.15) is 0 Å². The summed E-state index contributed by atoms with van der Waals surface area (Å²) in [6, 6.07) is 0. The highest BCUT2D eigenvalue weighted by atomic mass is 16.3. The first-order valence-electron chi connectivity index (χ1n) is 4.91. The van der Waals surface area contributed by atoms with Crippen molar-refractivity contribution in [1.82, 2.24) is 0 Å². The van der Waals surface area contributed by atoms with Crippen LogP contribution in [0.15, 0.2) is 22.8 Å². The molecule has 1 rings (SSSR count). The zero-order valence-corrected chi connectivity index (χ0v) is 9.39. The molecule has 14 heavy (non-hydrogen) atoms. The zero-order chi connectivity index (χ0) is 10.9. The highest BCUT2D eigenvalue weighted by Gasteiger charge is 2.37. The Bertz CT molecular complexity index is 341. The minimum absolute atomic E-state index is 0.279. The van der Waals surface area contributed by atoms with E-state index in [0.717, 1.165) is 11.1 Å². The van der Waals surface area contributed by atoms with Crippen molar-refractivity contribution in [3.63, 3.8) is 0 Å². The Balaban J connectivity index is 3.17. The summed E-state index contributed by atoms with van der Waals surface area (Å²) in [5.74, 6) is 2.65. The van der Waals surface area contributed by atoms with Gasteiger partial charge in [0.25, 0.3) is 0 Å². The molecule has 1 heteroatoms. The summed E-state index contributed by atoms with van der Waals surface area (Å²) in [4.78, 5) is 0. The Labute approximate surface area is 86.5 Å². The van der Waals surface area contributed by atoms with E-state index in [-0.39, 0.29) is 5.41 Å². The van der Waals surface area contributed by atoms with Gasteiger partial charge in [0.2, 0.25) is 0 Å². The van der Waals surface area contributed by atoms with Gasteiger partial charge in [0.15, 0.2) is 0 Å². The van der Waals surface area contributed by atoms with Crippen molar-refractivity contribution in [1.29, 1.82) is 0 Å². The average molecular weight is 190 g/mol. The fourth-order valence-corrected chi connectivity index (χ4v) is 1.96. The third-order valence-corrected chi connectivity index (χ3v) is 3.44. The van der Waals surface area contributed by atoms with Gasteiger partial charge < -0.3 is 5.11 Å². The van der Waals surface area contributed by atoms with Crippen molar-refractivity contribution in [2.45, 2.75) is 40.2 Å². The molecule has 2 atom stereocenters. The summed E-state index contributed by atoms with van der Waals surface area (Å²) in [5, 5.41) is 10.2. The van der Waals surface area contributed by atoms with Crippen LogP contribution in [0.25, 0.3) is 0 Å². The molecule has 0 saturated carbocycles. The van der Waals surface area contributed by atoms with Crippen LogP contribution in [0.5, 0.6) is 0 Å². The molecule has 0 aromatic rings. The van der Waals surface area contributed by atoms with Crippen molar-refractivity contribution >= 4 is 0 Å². The molecular weight excluding hydrogens is 172 g/mol. The van der Waals surface area contributed by atoms with Gasteiger partial charge in [-0.05, 0) is 31.9 Å². The van der Waals surface area contributed by atoms with Crippen LogP contribution in [0.2, 0.25) is 0 Å². The lowest BCUT2D eigenvalue weighted by atomic mass is 9.69. The quantitative estimate of drug-likeness (QED) is 0.630. The second-order valence-electron chi connectivity index (χ2n) is 4.39. The minimum atomic E-state index is -0.441. The van der Waals surface area contributed by atoms with Gasteiger partial charge in [0, 0.05) is 11.8 Å². The lowest BCUT2D eigenvalue weighted by molar-refractivity contribution is 0.0936. The first kappa shape index (κ1) is 11.1. The molecule has 2 unspecified atom stereocenters. The molecule has 0 aromatic carbocycles. The van der Waals surface area contributed by atoms with Gasteiger partial charge in [-0.25, -0.2) is 0 Å². The van der Waals surface area contributed by atoms with Crippen molar-refractivity contribution in [2.75, 3.05) is 0 Å². The number of allylic oxidation sites excluding steroid dienone is 2. The van der Waals surface area contributed by atoms with Crippen molar-refractivity contribution in [3.8, 4) is 12.3 Å². The predicted octanol–water partition coefficient (Wildman–Crippen LogP) is 2.67. The van der Waals surface area contributed by atoms with Crippen LogP contribution < -0.4 is 0 Å². The molecule has 0 aliphatic heterocycles. The van der Waals surface area contributed by atoms with E-state index >= 15 is 0 Å². The summed E-state index contributed by atoms with van der Waals surface area (Å²) in [6.45, 7) is 8.06. The molecule has 1 nitrogen and oxygen atoms in total. The molecule has 0 amide bonds. The smallest absolute Gasteiger partial charge is 0.0852 e. The molecule has 0 bridgehead atoms. The molecule has 0 spiro atoms. The molecule has 0 radical (unpaired) electrons. The first-order valence-corrected chi connectivity index (χ1v) is 4.91. The van der Waals surface area contributed by atoms with Crippen LogP contribution in [0, 0.1) is 17.8 Å². The average Bonchev–Trinajstić information content (AvgIpc) is 2.13. The summed E-state index contributed by atoms with van der Waals surface area (Å²) >= 11 is 0. The third-order valence-electron chi connectivity index (χ3n) is 3.44. The maximum absolute atomic E-state index is 10.2. The summed E-state index contributed by atoms with van der Waals surface area (Å²) in [5.41, 5.74) is 3.09. The first-order chi connectivity index (χ1) is 6.43. The lowest BCUT2D eigenvalue weighted by Crippen LogP contribution is -2.36. The van der Waals surface area contributed by atoms with E-state index in [1.54, 1.807) is 0 Å². The van der Waals surface area contributed by atoms with Gasteiger partial charge in [-0.2, -0.15) is 0 Å². The van der Waals surface area contributed by atoms with E-state index in [1.165, 1.54) is 5.57 Å². The highest BCUT2D eigenvalue weighted by Crippen LogP contribution is 2.41. The second-order valence-corrected chi connectivity index (χ2v) is 4.39. The highest BCUT2D eigenvalue weighted by molar-refractivity contribution is 5.39. The maximum atomic E-state index is 10.2. The monoisotopic (exact) mass is 190 g/mol. The number of hydrogen-bond acceptors (Lipinski definition) is 1. The zero-order valence-electron chi connectivity index (χ0n) is 9.39. The Morgan fingerprint density at radius 2 is 2.07 bits per heavy atom. The normalized spacial score (nSPS) is 32.6. The van der Waals surface area contributed by atoms with Crippen molar-refractivity contribution in [2.24, 2.45) is 5.41 Å². The Hall–Kier alpha value is -1.00. The van der Waals surface area contributed by atoms with Gasteiger partial charge in [-0.15, -0.1) is 12.3 Å². The predicted molar refractivity (Wildman–Crippen MR) is 59.7 cm³/mol. The molecule has 76 valence electrons. The summed E-state index contributed by atoms with van der Waals surface area (Å²) < 4.78 is 0. The molecule has 1 aliphatic rings. The van der Waals surface area contributed by atoms with Crippen LogP contribution in [-0.2, 0) is 0 Å². The molecule has 1 N–H and O–H groups in total. The van der Waals surface area contributed by atoms with E-state index in [2.05, 4.69) is 12.0 Å². The van der Waals surface area contributed by atoms with E-state index < -0.39 is 6.10 Å².